The molecule has 1 unspecified atom stereocenters. The van der Waals surface area contributed by atoms with Gasteiger partial charge in [0, 0.05) is 18.2 Å². The average Bonchev–Trinajstić information content (AvgIpc) is 2.73. The number of piperidine rings is 1. The molecule has 154 valence electrons. The number of carbonyl (C=O) groups excluding carboxylic acids is 2. The van der Waals surface area contributed by atoms with E-state index in [4.69, 9.17) is 4.74 Å². The number of hydrogen-bond acceptors (Lipinski definition) is 7. The standard InChI is InChI=1S/C19H21N3O6S/c1-14(23)15-6-8-16(9-7-15)29(26,27)22-12-3-2-5-17(22)19(24)28-13-18-20-10-4-11-21(18)25/h4,6-11,17H,2-3,5,12-13H2,1H3. The van der Waals surface area contributed by atoms with Gasteiger partial charge in [0.1, 0.15) is 12.2 Å². The summed E-state index contributed by atoms with van der Waals surface area (Å²) in [6.07, 6.45) is 4.26. The molecule has 0 spiro atoms. The molecule has 2 heterocycles. The van der Waals surface area contributed by atoms with E-state index in [1.54, 1.807) is 0 Å². The van der Waals surface area contributed by atoms with Crippen LogP contribution in [0.1, 0.15) is 42.4 Å². The molecular formula is C19H21N3O6S. The van der Waals surface area contributed by atoms with E-state index in [1.165, 1.54) is 49.6 Å². The van der Waals surface area contributed by atoms with Crippen LogP contribution in [0.4, 0.5) is 0 Å². The Balaban J connectivity index is 1.78. The second kappa shape index (κ2) is 8.66. The van der Waals surface area contributed by atoms with Gasteiger partial charge in [-0.25, -0.2) is 13.1 Å². The van der Waals surface area contributed by atoms with E-state index in [0.717, 1.165) is 4.31 Å². The molecule has 0 amide bonds. The fourth-order valence-corrected chi connectivity index (χ4v) is 4.79. The highest BCUT2D eigenvalue weighted by Gasteiger charge is 2.38. The number of nitrogens with zero attached hydrogens (tertiary/aromatic N) is 3. The normalized spacial score (nSPS) is 17.6. The lowest BCUT2D eigenvalue weighted by Gasteiger charge is -2.32. The number of hydrogen-bond donors (Lipinski definition) is 0. The van der Waals surface area contributed by atoms with Crippen molar-refractivity contribution in [3.8, 4) is 0 Å². The molecule has 0 N–H and O–H groups in total. The summed E-state index contributed by atoms with van der Waals surface area (Å²) in [4.78, 5) is 27.9. The van der Waals surface area contributed by atoms with Crippen LogP contribution in [0.3, 0.4) is 0 Å². The first-order valence-electron chi connectivity index (χ1n) is 9.13. The average molecular weight is 419 g/mol. The lowest BCUT2D eigenvalue weighted by molar-refractivity contribution is -0.620. The number of Topliss-reactive ketones (excluding diaryl/α,β-unsaturated/α-hetero) is 1. The zero-order chi connectivity index (χ0) is 21.0. The zero-order valence-corrected chi connectivity index (χ0v) is 16.7. The maximum absolute atomic E-state index is 13.1. The van der Waals surface area contributed by atoms with Gasteiger partial charge in [-0.05, 0) is 43.3 Å². The lowest BCUT2D eigenvalue weighted by Crippen LogP contribution is -2.48. The Bertz CT molecular complexity index is 1010. The summed E-state index contributed by atoms with van der Waals surface area (Å²) in [5.41, 5.74) is 0.403. The summed E-state index contributed by atoms with van der Waals surface area (Å²) in [6, 6.07) is 6.07. The Morgan fingerprint density at radius 1 is 1.28 bits per heavy atom. The van der Waals surface area contributed by atoms with Gasteiger partial charge in [0.05, 0.1) is 11.1 Å². The third-order valence-corrected chi connectivity index (χ3v) is 6.64. The zero-order valence-electron chi connectivity index (χ0n) is 15.9. The monoisotopic (exact) mass is 419 g/mol. The maximum atomic E-state index is 13.1. The fourth-order valence-electron chi connectivity index (χ4n) is 3.15. The smallest absolute Gasteiger partial charge is 0.339 e. The van der Waals surface area contributed by atoms with Crippen LogP contribution in [-0.4, -0.2) is 42.0 Å². The first-order valence-corrected chi connectivity index (χ1v) is 10.6. The summed E-state index contributed by atoms with van der Waals surface area (Å²) < 4.78 is 33.0. The van der Waals surface area contributed by atoms with Crippen molar-refractivity contribution < 1.29 is 27.5 Å². The van der Waals surface area contributed by atoms with Crippen LogP contribution in [0.25, 0.3) is 0 Å². The highest BCUT2D eigenvalue weighted by Crippen LogP contribution is 2.26. The van der Waals surface area contributed by atoms with Gasteiger partial charge in [0.15, 0.2) is 12.4 Å². The molecule has 1 fully saturated rings. The van der Waals surface area contributed by atoms with Crippen molar-refractivity contribution >= 4 is 21.8 Å². The van der Waals surface area contributed by atoms with Crippen molar-refractivity contribution in [2.75, 3.05) is 6.54 Å². The minimum atomic E-state index is -3.95. The van der Waals surface area contributed by atoms with Crippen LogP contribution in [0, 0.1) is 5.21 Å². The van der Waals surface area contributed by atoms with E-state index in [-0.39, 0.29) is 29.7 Å². The maximum Gasteiger partial charge on any atom is 0.339 e. The van der Waals surface area contributed by atoms with E-state index >= 15 is 0 Å². The lowest BCUT2D eigenvalue weighted by atomic mass is 10.1. The van der Waals surface area contributed by atoms with Crippen molar-refractivity contribution in [3.63, 3.8) is 0 Å². The van der Waals surface area contributed by atoms with Crippen LogP contribution >= 0.6 is 0 Å². The van der Waals surface area contributed by atoms with Crippen LogP contribution < -0.4 is 4.73 Å². The van der Waals surface area contributed by atoms with Gasteiger partial charge in [-0.3, -0.25) is 9.59 Å². The summed E-state index contributed by atoms with van der Waals surface area (Å²) in [5, 5.41) is 11.6. The molecule has 0 radical (unpaired) electrons. The van der Waals surface area contributed by atoms with Crippen molar-refractivity contribution in [3.05, 3.63) is 59.3 Å². The largest absolute Gasteiger partial charge is 0.711 e. The highest BCUT2D eigenvalue weighted by atomic mass is 32.2. The number of sulfonamides is 1. The van der Waals surface area contributed by atoms with Crippen molar-refractivity contribution in [2.45, 2.75) is 43.7 Å². The van der Waals surface area contributed by atoms with Gasteiger partial charge < -0.3 is 9.94 Å². The molecule has 29 heavy (non-hydrogen) atoms. The Morgan fingerprint density at radius 2 is 2.00 bits per heavy atom. The van der Waals surface area contributed by atoms with Crippen LogP contribution in [0.2, 0.25) is 0 Å². The van der Waals surface area contributed by atoms with E-state index < -0.39 is 22.0 Å². The molecule has 0 aliphatic carbocycles. The van der Waals surface area contributed by atoms with Gasteiger partial charge in [-0.15, -0.1) is 0 Å². The van der Waals surface area contributed by atoms with E-state index in [9.17, 15) is 23.2 Å². The molecule has 1 aliphatic rings. The van der Waals surface area contributed by atoms with E-state index in [0.29, 0.717) is 29.6 Å². The van der Waals surface area contributed by atoms with Crippen LogP contribution in [0.15, 0.2) is 47.6 Å². The van der Waals surface area contributed by atoms with Gasteiger partial charge in [0.2, 0.25) is 10.0 Å². The molecule has 1 aliphatic heterocycles. The molecule has 10 heteroatoms. The molecule has 1 atom stereocenters. The second-order valence-electron chi connectivity index (χ2n) is 6.68. The minimum Gasteiger partial charge on any atom is -0.711 e. The fraction of sp³-hybridized carbons (Fsp3) is 0.368. The number of ketones is 1. The Kier molecular flexibility index (Phi) is 6.23. The van der Waals surface area contributed by atoms with E-state index in [1.807, 2.05) is 0 Å². The summed E-state index contributed by atoms with van der Waals surface area (Å²) in [6.45, 7) is 1.23. The quantitative estimate of drug-likeness (QED) is 0.299. The molecule has 0 saturated carbocycles. The van der Waals surface area contributed by atoms with Gasteiger partial charge in [-0.2, -0.15) is 4.31 Å². The summed E-state index contributed by atoms with van der Waals surface area (Å²) in [7, 11) is -3.95. The van der Waals surface area contributed by atoms with Crippen LogP contribution in [-0.2, 0) is 26.2 Å². The molecule has 1 aromatic heterocycles. The SMILES string of the molecule is CC(=O)c1ccc(S(=O)(=O)N2CCCCC2C(=O)OCc2nccc[n+]2[O-])cc1. The predicted octanol–water partition coefficient (Wildman–Crippen LogP) is 1.20. The van der Waals surface area contributed by atoms with Crippen LogP contribution in [0.5, 0.6) is 0 Å². The number of ether oxygens (including phenoxy) is 1. The summed E-state index contributed by atoms with van der Waals surface area (Å²) in [5.74, 6) is -0.885. The highest BCUT2D eigenvalue weighted by molar-refractivity contribution is 7.89. The second-order valence-corrected chi connectivity index (χ2v) is 8.57. The van der Waals surface area contributed by atoms with E-state index in [2.05, 4.69) is 4.98 Å². The number of rotatable bonds is 6. The Labute approximate surface area is 168 Å². The summed E-state index contributed by atoms with van der Waals surface area (Å²) >= 11 is 0. The molecule has 3 rings (SSSR count). The van der Waals surface area contributed by atoms with Crippen molar-refractivity contribution in [2.24, 2.45) is 0 Å². The van der Waals surface area contributed by atoms with Gasteiger partial charge >= 0.3 is 11.8 Å². The predicted molar refractivity (Wildman–Crippen MR) is 101 cm³/mol. The third-order valence-electron chi connectivity index (χ3n) is 4.72. The Morgan fingerprint density at radius 3 is 2.66 bits per heavy atom. The third kappa shape index (κ3) is 4.60. The molecular weight excluding hydrogens is 398 g/mol. The molecule has 1 aromatic carbocycles. The molecule has 1 saturated heterocycles. The minimum absolute atomic E-state index is 0.00401. The first kappa shape index (κ1) is 20.9. The van der Waals surface area contributed by atoms with Crippen molar-refractivity contribution in [1.82, 2.24) is 9.29 Å². The number of aromatic nitrogens is 2. The van der Waals surface area contributed by atoms with Crippen molar-refractivity contribution in [1.29, 1.82) is 0 Å². The van der Waals surface area contributed by atoms with Gasteiger partial charge in [0.25, 0.3) is 0 Å². The number of esters is 1. The molecule has 0 bridgehead atoms. The first-order chi connectivity index (χ1) is 13.8. The topological polar surface area (TPSA) is 121 Å². The van der Waals surface area contributed by atoms with Gasteiger partial charge in [-0.1, -0.05) is 12.1 Å². The molecule has 2 aromatic rings. The molecule has 9 nitrogen and oxygen atoms in total. The number of benzene rings is 1. The number of carbonyl (C=O) groups is 2. The Hall–Kier alpha value is -2.85.